The van der Waals surface area contributed by atoms with E-state index >= 15 is 0 Å². The zero-order valence-electron chi connectivity index (χ0n) is 21.1. The number of halogens is 1. The molecule has 2 rings (SSSR count). The van der Waals surface area contributed by atoms with Crippen LogP contribution in [0.1, 0.15) is 57.6 Å². The number of nitrogens with one attached hydrogen (secondary N) is 1. The summed E-state index contributed by atoms with van der Waals surface area (Å²) < 4.78 is 40.6. The summed E-state index contributed by atoms with van der Waals surface area (Å²) in [4.78, 5) is 27.4. The fourth-order valence-electron chi connectivity index (χ4n) is 3.57. The van der Waals surface area contributed by atoms with Crippen molar-refractivity contribution in [3.05, 3.63) is 65.5 Å². The van der Waals surface area contributed by atoms with Crippen molar-refractivity contribution < 1.29 is 22.4 Å². The molecule has 0 aliphatic carbocycles. The maximum absolute atomic E-state index is 14.4. The summed E-state index contributed by atoms with van der Waals surface area (Å²) in [5, 5.41) is 2.79. The first kappa shape index (κ1) is 28.3. The maximum atomic E-state index is 14.4. The van der Waals surface area contributed by atoms with Crippen LogP contribution in [0.4, 0.5) is 10.1 Å². The van der Waals surface area contributed by atoms with E-state index in [9.17, 15) is 22.4 Å². The number of rotatable bonds is 12. The van der Waals surface area contributed by atoms with Gasteiger partial charge in [-0.2, -0.15) is 0 Å². The highest BCUT2D eigenvalue weighted by molar-refractivity contribution is 7.92. The Hall–Kier alpha value is -2.94. The fraction of sp³-hybridized carbons (Fsp3) is 0.462. The Morgan fingerprint density at radius 1 is 1.03 bits per heavy atom. The molecule has 0 aromatic heterocycles. The van der Waals surface area contributed by atoms with Crippen molar-refractivity contribution >= 4 is 27.5 Å². The first-order valence-electron chi connectivity index (χ1n) is 11.8. The molecule has 1 atom stereocenters. The maximum Gasteiger partial charge on any atom is 0.244 e. The number of nitrogens with zero attached hydrogens (tertiary/aromatic N) is 2. The van der Waals surface area contributed by atoms with E-state index in [-0.39, 0.29) is 23.9 Å². The van der Waals surface area contributed by atoms with Crippen molar-refractivity contribution in [1.82, 2.24) is 10.2 Å². The highest BCUT2D eigenvalue weighted by Gasteiger charge is 2.30. The summed E-state index contributed by atoms with van der Waals surface area (Å²) in [7, 11) is -3.81. The largest absolute Gasteiger partial charge is 0.354 e. The molecule has 0 radical (unpaired) electrons. The van der Waals surface area contributed by atoms with Crippen LogP contribution in [0.3, 0.4) is 0 Å². The molecule has 0 heterocycles. The van der Waals surface area contributed by atoms with Crippen LogP contribution in [-0.4, -0.2) is 50.5 Å². The molecule has 2 aromatic rings. The van der Waals surface area contributed by atoms with Crippen molar-refractivity contribution in [3.8, 4) is 0 Å². The molecule has 0 spiro atoms. The molecular formula is C26H36FN3O4S. The van der Waals surface area contributed by atoms with E-state index in [1.807, 2.05) is 32.9 Å². The molecule has 0 bridgehead atoms. The number of hydrogen-bond acceptors (Lipinski definition) is 4. The summed E-state index contributed by atoms with van der Waals surface area (Å²) in [6.07, 6.45) is 2.71. The molecule has 7 nitrogen and oxygen atoms in total. The zero-order valence-corrected chi connectivity index (χ0v) is 21.9. The van der Waals surface area contributed by atoms with E-state index in [1.54, 1.807) is 25.1 Å². The van der Waals surface area contributed by atoms with Crippen molar-refractivity contribution in [2.75, 3.05) is 23.7 Å². The molecule has 2 aromatic carbocycles. The minimum Gasteiger partial charge on any atom is -0.354 e. The Kier molecular flexibility index (Phi) is 10.2. The summed E-state index contributed by atoms with van der Waals surface area (Å²) in [6, 6.07) is 12.0. The van der Waals surface area contributed by atoms with Gasteiger partial charge in [-0.15, -0.1) is 0 Å². The van der Waals surface area contributed by atoms with Gasteiger partial charge in [0, 0.05) is 18.7 Å². The van der Waals surface area contributed by atoms with Crippen LogP contribution in [0, 0.1) is 5.82 Å². The Labute approximate surface area is 208 Å². The number of unbranched alkanes of at least 4 members (excludes halogenated alkanes) is 1. The second-order valence-electron chi connectivity index (χ2n) is 8.95. The van der Waals surface area contributed by atoms with Gasteiger partial charge < -0.3 is 10.2 Å². The lowest BCUT2D eigenvalue weighted by Gasteiger charge is -2.31. The average Bonchev–Trinajstić information content (AvgIpc) is 2.81. The SMILES string of the molecule is CCCCNC(=O)[C@@H](C)N(Cc1ccccc1F)C(=O)CN(c1ccc(C(C)C)cc1)S(C)(=O)=O. The second-order valence-corrected chi connectivity index (χ2v) is 10.9. The molecular weight excluding hydrogens is 469 g/mol. The lowest BCUT2D eigenvalue weighted by Crippen LogP contribution is -2.51. The smallest absolute Gasteiger partial charge is 0.244 e. The van der Waals surface area contributed by atoms with E-state index in [0.29, 0.717) is 12.2 Å². The summed E-state index contributed by atoms with van der Waals surface area (Å²) in [5.41, 5.74) is 1.62. The Morgan fingerprint density at radius 2 is 1.66 bits per heavy atom. The number of amides is 2. The quantitative estimate of drug-likeness (QED) is 0.441. The molecule has 2 amide bonds. The molecule has 35 heavy (non-hydrogen) atoms. The third-order valence-electron chi connectivity index (χ3n) is 5.82. The topological polar surface area (TPSA) is 86.8 Å². The lowest BCUT2D eigenvalue weighted by molar-refractivity contribution is -0.139. The van der Waals surface area contributed by atoms with Crippen molar-refractivity contribution in [2.45, 2.75) is 59.0 Å². The van der Waals surface area contributed by atoms with Gasteiger partial charge in [0.15, 0.2) is 0 Å². The van der Waals surface area contributed by atoms with Crippen LogP contribution in [0.2, 0.25) is 0 Å². The lowest BCUT2D eigenvalue weighted by atomic mass is 10.0. The van der Waals surface area contributed by atoms with Gasteiger partial charge in [-0.1, -0.05) is 57.5 Å². The van der Waals surface area contributed by atoms with Crippen molar-refractivity contribution in [3.63, 3.8) is 0 Å². The normalized spacial score (nSPS) is 12.3. The van der Waals surface area contributed by atoms with E-state index in [4.69, 9.17) is 0 Å². The van der Waals surface area contributed by atoms with Crippen LogP contribution in [0.25, 0.3) is 0 Å². The van der Waals surface area contributed by atoms with Crippen LogP contribution in [-0.2, 0) is 26.2 Å². The van der Waals surface area contributed by atoms with Gasteiger partial charge in [-0.05, 0) is 43.0 Å². The Bertz CT molecular complexity index is 1100. The minimum absolute atomic E-state index is 0.169. The molecule has 0 saturated carbocycles. The second kappa shape index (κ2) is 12.7. The zero-order chi connectivity index (χ0) is 26.2. The molecule has 0 saturated heterocycles. The van der Waals surface area contributed by atoms with Gasteiger partial charge in [-0.3, -0.25) is 13.9 Å². The average molecular weight is 506 g/mol. The van der Waals surface area contributed by atoms with Gasteiger partial charge >= 0.3 is 0 Å². The molecule has 9 heteroatoms. The predicted octanol–water partition coefficient (Wildman–Crippen LogP) is 4.05. The number of sulfonamides is 1. The van der Waals surface area contributed by atoms with Gasteiger partial charge in [-0.25, -0.2) is 12.8 Å². The first-order chi connectivity index (χ1) is 16.5. The molecule has 192 valence electrons. The number of carbonyl (C=O) groups is 2. The standard InChI is InChI=1S/C26H36FN3O4S/c1-6-7-16-28-26(32)20(4)29(17-22-10-8-9-11-24(22)27)25(31)18-30(35(5,33)34)23-14-12-21(13-15-23)19(2)3/h8-15,19-20H,6-7,16-18H2,1-5H3,(H,28,32)/t20-/m1/s1. The number of anilines is 1. The van der Waals surface area contributed by atoms with Crippen LogP contribution in [0.15, 0.2) is 48.5 Å². The van der Waals surface area contributed by atoms with Crippen LogP contribution < -0.4 is 9.62 Å². The Morgan fingerprint density at radius 3 is 2.20 bits per heavy atom. The van der Waals surface area contributed by atoms with E-state index in [2.05, 4.69) is 5.32 Å². The molecule has 0 aliphatic heterocycles. The van der Waals surface area contributed by atoms with Gasteiger partial charge in [0.25, 0.3) is 0 Å². The molecule has 0 unspecified atom stereocenters. The van der Waals surface area contributed by atoms with Gasteiger partial charge in [0.2, 0.25) is 21.8 Å². The number of benzene rings is 2. The summed E-state index contributed by atoms with van der Waals surface area (Å²) in [5.74, 6) is -1.23. The molecule has 0 fully saturated rings. The van der Waals surface area contributed by atoms with Gasteiger partial charge in [0.1, 0.15) is 18.4 Å². The Balaban J connectivity index is 2.36. The van der Waals surface area contributed by atoms with Crippen molar-refractivity contribution in [2.24, 2.45) is 0 Å². The van der Waals surface area contributed by atoms with E-state index < -0.39 is 34.3 Å². The number of hydrogen-bond donors (Lipinski definition) is 1. The van der Waals surface area contributed by atoms with E-state index in [1.165, 1.54) is 23.1 Å². The highest BCUT2D eigenvalue weighted by atomic mass is 32.2. The molecule has 0 aliphatic rings. The van der Waals surface area contributed by atoms with Crippen molar-refractivity contribution in [1.29, 1.82) is 0 Å². The first-order valence-corrected chi connectivity index (χ1v) is 13.7. The third kappa shape index (κ3) is 8.06. The minimum atomic E-state index is -3.81. The summed E-state index contributed by atoms with van der Waals surface area (Å²) >= 11 is 0. The van der Waals surface area contributed by atoms with Crippen LogP contribution >= 0.6 is 0 Å². The van der Waals surface area contributed by atoms with Crippen LogP contribution in [0.5, 0.6) is 0 Å². The fourth-order valence-corrected chi connectivity index (χ4v) is 4.42. The molecule has 1 N–H and O–H groups in total. The predicted molar refractivity (Wildman–Crippen MR) is 137 cm³/mol. The highest BCUT2D eigenvalue weighted by Crippen LogP contribution is 2.23. The third-order valence-corrected chi connectivity index (χ3v) is 6.96. The van der Waals surface area contributed by atoms with Gasteiger partial charge in [0.05, 0.1) is 11.9 Å². The van der Waals surface area contributed by atoms with E-state index in [0.717, 1.165) is 29.0 Å². The number of carbonyl (C=O) groups excluding carboxylic acids is 2. The summed E-state index contributed by atoms with van der Waals surface area (Å²) in [6.45, 7) is 7.39. The monoisotopic (exact) mass is 505 g/mol.